The SMILES string of the molecule is Cc1ccc(C)c(N(CC(=O)N(Cc2ccc(Cl)c(Cl)c2)[C@H](Cc2ccccc2)C(=O)NC(C)C)S(=O)(=O)N(C)C)c1. The lowest BCUT2D eigenvalue weighted by atomic mass is 10.0. The molecule has 11 heteroatoms. The van der Waals surface area contributed by atoms with Crippen molar-refractivity contribution in [1.82, 2.24) is 14.5 Å². The van der Waals surface area contributed by atoms with Crippen LogP contribution in [-0.2, 0) is 32.8 Å². The van der Waals surface area contributed by atoms with Gasteiger partial charge in [0.25, 0.3) is 0 Å². The van der Waals surface area contributed by atoms with Crippen LogP contribution in [-0.4, -0.2) is 62.2 Å². The third kappa shape index (κ3) is 8.47. The highest BCUT2D eigenvalue weighted by molar-refractivity contribution is 7.90. The third-order valence-electron chi connectivity index (χ3n) is 6.69. The molecule has 42 heavy (non-hydrogen) atoms. The molecule has 0 fully saturated rings. The van der Waals surface area contributed by atoms with Gasteiger partial charge in [0, 0.05) is 33.1 Å². The van der Waals surface area contributed by atoms with E-state index in [-0.39, 0.29) is 24.9 Å². The fraction of sp³-hybridized carbons (Fsp3) is 0.355. The molecule has 3 rings (SSSR count). The second kappa shape index (κ2) is 14.4. The molecule has 0 heterocycles. The maximum absolute atomic E-state index is 14.3. The average molecular weight is 634 g/mol. The largest absolute Gasteiger partial charge is 0.352 e. The van der Waals surface area contributed by atoms with Gasteiger partial charge in [0.15, 0.2) is 0 Å². The summed E-state index contributed by atoms with van der Waals surface area (Å²) in [5.74, 6) is -0.900. The van der Waals surface area contributed by atoms with E-state index in [2.05, 4.69) is 5.32 Å². The number of halogens is 2. The predicted molar refractivity (Wildman–Crippen MR) is 170 cm³/mol. The topological polar surface area (TPSA) is 90.0 Å². The minimum absolute atomic E-state index is 0.00138. The Morgan fingerprint density at radius 1 is 0.881 bits per heavy atom. The summed E-state index contributed by atoms with van der Waals surface area (Å²) >= 11 is 12.4. The first-order valence-electron chi connectivity index (χ1n) is 13.6. The number of hydrogen-bond donors (Lipinski definition) is 1. The highest BCUT2D eigenvalue weighted by Gasteiger charge is 2.35. The van der Waals surface area contributed by atoms with Gasteiger partial charge in [-0.1, -0.05) is 71.7 Å². The summed E-state index contributed by atoms with van der Waals surface area (Å²) in [5, 5.41) is 3.60. The molecule has 3 aromatic carbocycles. The van der Waals surface area contributed by atoms with E-state index in [0.29, 0.717) is 26.9 Å². The molecular formula is C31H38Cl2N4O4S. The van der Waals surface area contributed by atoms with Crippen LogP contribution in [0.25, 0.3) is 0 Å². The molecule has 0 saturated carbocycles. The van der Waals surface area contributed by atoms with Gasteiger partial charge in [-0.2, -0.15) is 12.7 Å². The second-order valence-electron chi connectivity index (χ2n) is 10.7. The maximum atomic E-state index is 14.3. The number of carbonyl (C=O) groups excluding carboxylic acids is 2. The monoisotopic (exact) mass is 632 g/mol. The molecule has 0 unspecified atom stereocenters. The highest BCUT2D eigenvalue weighted by atomic mass is 35.5. The maximum Gasteiger partial charge on any atom is 0.304 e. The van der Waals surface area contributed by atoms with Crippen LogP contribution in [0.5, 0.6) is 0 Å². The fourth-order valence-electron chi connectivity index (χ4n) is 4.46. The Labute approximate surface area is 259 Å². The Bertz CT molecular complexity index is 1510. The number of benzene rings is 3. The molecule has 0 aliphatic rings. The van der Waals surface area contributed by atoms with Gasteiger partial charge in [0.2, 0.25) is 11.8 Å². The molecule has 0 bridgehead atoms. The minimum Gasteiger partial charge on any atom is -0.352 e. The van der Waals surface area contributed by atoms with Crippen molar-refractivity contribution in [2.45, 2.75) is 52.7 Å². The number of aryl methyl sites for hydroxylation is 2. The summed E-state index contributed by atoms with van der Waals surface area (Å²) < 4.78 is 29.4. The van der Waals surface area contributed by atoms with Gasteiger partial charge in [-0.25, -0.2) is 4.31 Å². The number of carbonyl (C=O) groups is 2. The summed E-state index contributed by atoms with van der Waals surface area (Å²) in [6.07, 6.45) is 0.219. The Morgan fingerprint density at radius 2 is 1.55 bits per heavy atom. The zero-order chi connectivity index (χ0) is 31.2. The lowest BCUT2D eigenvalue weighted by molar-refractivity contribution is -0.140. The molecule has 8 nitrogen and oxygen atoms in total. The first-order chi connectivity index (χ1) is 19.7. The lowest BCUT2D eigenvalue weighted by Crippen LogP contribution is -2.55. The number of anilines is 1. The van der Waals surface area contributed by atoms with E-state index in [1.165, 1.54) is 19.0 Å². The van der Waals surface area contributed by atoms with Crippen LogP contribution >= 0.6 is 23.2 Å². The van der Waals surface area contributed by atoms with Crippen molar-refractivity contribution in [1.29, 1.82) is 0 Å². The van der Waals surface area contributed by atoms with Gasteiger partial charge in [-0.3, -0.25) is 9.59 Å². The molecule has 3 aromatic rings. The highest BCUT2D eigenvalue weighted by Crippen LogP contribution is 2.27. The molecule has 0 aromatic heterocycles. The van der Waals surface area contributed by atoms with E-state index in [1.807, 2.05) is 63.2 Å². The van der Waals surface area contributed by atoms with Crippen LogP contribution in [0.1, 0.15) is 36.1 Å². The van der Waals surface area contributed by atoms with Crippen LogP contribution in [0.2, 0.25) is 10.0 Å². The third-order valence-corrected chi connectivity index (χ3v) is 9.24. The van der Waals surface area contributed by atoms with Gasteiger partial charge in [0.05, 0.1) is 15.7 Å². The average Bonchev–Trinajstić information content (AvgIpc) is 2.92. The molecule has 2 amide bonds. The quantitative estimate of drug-likeness (QED) is 0.290. The zero-order valence-corrected chi connectivity index (χ0v) is 27.1. The summed E-state index contributed by atoms with van der Waals surface area (Å²) in [7, 11) is -1.26. The fourth-order valence-corrected chi connectivity index (χ4v) is 5.89. The van der Waals surface area contributed by atoms with Crippen molar-refractivity contribution in [2.75, 3.05) is 24.9 Å². The summed E-state index contributed by atoms with van der Waals surface area (Å²) in [6, 6.07) is 18.7. The lowest BCUT2D eigenvalue weighted by Gasteiger charge is -2.35. The standard InChI is InChI=1S/C31H38Cl2N4O4S/c1-21(2)34-31(39)29(18-24-10-8-7-9-11-24)36(19-25-14-15-26(32)27(33)17-25)30(38)20-37(42(40,41)35(5)6)28-16-22(3)12-13-23(28)4/h7-17,21,29H,18-20H2,1-6H3,(H,34,39)/t29-/m1/s1. The van der Waals surface area contributed by atoms with E-state index >= 15 is 0 Å². The molecule has 1 N–H and O–H groups in total. The van der Waals surface area contributed by atoms with Crippen LogP contribution in [0, 0.1) is 13.8 Å². The van der Waals surface area contributed by atoms with Crippen molar-refractivity contribution >= 4 is 50.9 Å². The Morgan fingerprint density at radius 3 is 2.14 bits per heavy atom. The Balaban J connectivity index is 2.15. The van der Waals surface area contributed by atoms with Crippen molar-refractivity contribution in [3.05, 3.63) is 99.0 Å². The van der Waals surface area contributed by atoms with Crippen LogP contribution in [0.15, 0.2) is 66.7 Å². The normalized spacial score (nSPS) is 12.3. The molecule has 226 valence electrons. The number of amides is 2. The van der Waals surface area contributed by atoms with Gasteiger partial charge in [-0.15, -0.1) is 0 Å². The number of rotatable bonds is 12. The summed E-state index contributed by atoms with van der Waals surface area (Å²) in [4.78, 5) is 29.4. The van der Waals surface area contributed by atoms with E-state index < -0.39 is 28.7 Å². The molecule has 0 radical (unpaired) electrons. The van der Waals surface area contributed by atoms with Crippen molar-refractivity contribution in [3.63, 3.8) is 0 Å². The first-order valence-corrected chi connectivity index (χ1v) is 15.7. The van der Waals surface area contributed by atoms with Gasteiger partial charge < -0.3 is 10.2 Å². The summed E-state index contributed by atoms with van der Waals surface area (Å²) in [5.41, 5.74) is 3.40. The van der Waals surface area contributed by atoms with Gasteiger partial charge >= 0.3 is 10.2 Å². The molecule has 0 aliphatic heterocycles. The van der Waals surface area contributed by atoms with E-state index in [4.69, 9.17) is 23.2 Å². The zero-order valence-electron chi connectivity index (χ0n) is 24.8. The number of nitrogens with one attached hydrogen (secondary N) is 1. The molecule has 0 aliphatic carbocycles. The van der Waals surface area contributed by atoms with E-state index in [0.717, 1.165) is 19.7 Å². The Kier molecular flexibility index (Phi) is 11.4. The van der Waals surface area contributed by atoms with Crippen LogP contribution in [0.3, 0.4) is 0 Å². The second-order valence-corrected chi connectivity index (χ2v) is 13.6. The van der Waals surface area contributed by atoms with Crippen molar-refractivity contribution in [2.24, 2.45) is 0 Å². The van der Waals surface area contributed by atoms with Crippen molar-refractivity contribution in [3.8, 4) is 0 Å². The van der Waals surface area contributed by atoms with Crippen molar-refractivity contribution < 1.29 is 18.0 Å². The first kappa shape index (κ1) is 33.4. The van der Waals surface area contributed by atoms with Crippen LogP contribution < -0.4 is 9.62 Å². The minimum atomic E-state index is -4.09. The van der Waals surface area contributed by atoms with Gasteiger partial charge in [-0.05, 0) is 68.1 Å². The molecule has 0 spiro atoms. The van der Waals surface area contributed by atoms with Gasteiger partial charge in [0.1, 0.15) is 12.6 Å². The molecular weight excluding hydrogens is 595 g/mol. The molecule has 1 atom stereocenters. The summed E-state index contributed by atoms with van der Waals surface area (Å²) in [6.45, 7) is 6.81. The number of hydrogen-bond acceptors (Lipinski definition) is 4. The smallest absolute Gasteiger partial charge is 0.304 e. The van der Waals surface area contributed by atoms with E-state index in [9.17, 15) is 18.0 Å². The van der Waals surface area contributed by atoms with Crippen LogP contribution in [0.4, 0.5) is 5.69 Å². The number of nitrogens with zero attached hydrogens (tertiary/aromatic N) is 3. The molecule has 0 saturated heterocycles. The van der Waals surface area contributed by atoms with E-state index in [1.54, 1.807) is 31.2 Å². The Hall–Kier alpha value is -3.11. The predicted octanol–water partition coefficient (Wildman–Crippen LogP) is 5.39.